The molecule has 1 aromatic heterocycles. The van der Waals surface area contributed by atoms with E-state index in [1.165, 1.54) is 6.07 Å². The highest BCUT2D eigenvalue weighted by Gasteiger charge is 2.41. The van der Waals surface area contributed by atoms with Crippen molar-refractivity contribution in [3.05, 3.63) is 150 Å². The molecule has 0 aliphatic heterocycles. The normalized spacial score (nSPS) is 14.4. The second-order valence-electron chi connectivity index (χ2n) is 9.36. The van der Waals surface area contributed by atoms with Crippen LogP contribution in [-0.4, -0.2) is 4.98 Å². The summed E-state index contributed by atoms with van der Waals surface area (Å²) < 4.78 is 44.8. The van der Waals surface area contributed by atoms with Gasteiger partial charge in [0.05, 0.1) is 61.2 Å². The summed E-state index contributed by atoms with van der Waals surface area (Å²) >= 11 is 0. The first-order valence-electron chi connectivity index (χ1n) is 12.6. The summed E-state index contributed by atoms with van der Waals surface area (Å²) in [5.74, 6) is -3.44. The lowest BCUT2D eigenvalue weighted by atomic mass is 9.88. The zero-order chi connectivity index (χ0) is 34.2. The van der Waals surface area contributed by atoms with Gasteiger partial charge in [-0.2, -0.15) is 20.2 Å². The minimum absolute atomic E-state index is 0.152. The van der Waals surface area contributed by atoms with E-state index < -0.39 is 62.6 Å². The molecule has 0 spiro atoms. The van der Waals surface area contributed by atoms with Crippen molar-refractivity contribution >= 4 is 39.2 Å². The number of halogens is 3. The number of nitriles is 5. The Bertz CT molecular complexity index is 2560. The lowest BCUT2D eigenvalue weighted by Crippen LogP contribution is -1.99. The molecule has 2 aromatic carbocycles. The molecule has 47 heavy (non-hydrogen) atoms. The van der Waals surface area contributed by atoms with Crippen LogP contribution in [0.1, 0.15) is 44.5 Å². The molecule has 10 nitrogen and oxygen atoms in total. The molecule has 0 bridgehead atoms. The van der Waals surface area contributed by atoms with Crippen molar-refractivity contribution in [3.63, 3.8) is 0 Å². The molecule has 2 aliphatic rings. The van der Waals surface area contributed by atoms with Gasteiger partial charge in [-0.05, 0) is 46.0 Å². The summed E-state index contributed by atoms with van der Waals surface area (Å²) in [6.07, 6.45) is 0.872. The van der Waals surface area contributed by atoms with Gasteiger partial charge >= 0.3 is 0 Å². The highest BCUT2D eigenvalue weighted by molar-refractivity contribution is 6.30. The summed E-state index contributed by atoms with van der Waals surface area (Å²) in [6, 6.07) is 12.1. The van der Waals surface area contributed by atoms with Crippen LogP contribution in [-0.2, 0) is 0 Å². The Hall–Kier alpha value is -8.25. The van der Waals surface area contributed by atoms with Gasteiger partial charge in [-0.3, -0.25) is 0 Å². The van der Waals surface area contributed by atoms with Crippen molar-refractivity contribution in [2.45, 2.75) is 0 Å². The quantitative estimate of drug-likeness (QED) is 0.168. The van der Waals surface area contributed by atoms with Gasteiger partial charge in [-0.25, -0.2) is 43.7 Å². The van der Waals surface area contributed by atoms with Crippen LogP contribution in [0.3, 0.4) is 0 Å². The van der Waals surface area contributed by atoms with E-state index in [1.54, 1.807) is 18.2 Å². The first-order valence-corrected chi connectivity index (χ1v) is 12.6. The number of fused-ring (bicyclic) bond motifs is 2. The van der Waals surface area contributed by atoms with E-state index in [9.17, 15) is 35.1 Å². The topological polar surface area (TPSA) is 149 Å². The minimum Gasteiger partial charge on any atom is -0.237 e. The SMILES string of the molecule is [C-]#[N+]C1=C(c2cc(F)c([N+]#[C-])cc2F)/C(=C(/C#N)[N+]#[C-])c2cc3c(c(C#N)c21)C(C#N)=C(c1cc(F)ncc1C#N)/C3=C(\C#N)[N+]#[C-]. The molecule has 0 saturated carbocycles. The molecular formula is C34H5F3N10. The molecule has 2 aliphatic carbocycles. The average molecular weight is 610 g/mol. The van der Waals surface area contributed by atoms with Gasteiger partial charge in [-0.15, -0.1) is 0 Å². The summed E-state index contributed by atoms with van der Waals surface area (Å²) in [5, 5.41) is 50.5. The zero-order valence-electron chi connectivity index (χ0n) is 23.0. The van der Waals surface area contributed by atoms with Crippen LogP contribution in [0.4, 0.5) is 18.9 Å². The van der Waals surface area contributed by atoms with E-state index in [0.717, 1.165) is 12.3 Å². The minimum atomic E-state index is -1.18. The summed E-state index contributed by atoms with van der Waals surface area (Å²) in [7, 11) is 0. The second kappa shape index (κ2) is 11.4. The summed E-state index contributed by atoms with van der Waals surface area (Å²) in [6.45, 7) is 30.4. The van der Waals surface area contributed by atoms with E-state index in [4.69, 9.17) is 26.3 Å². The van der Waals surface area contributed by atoms with Gasteiger partial charge in [0.25, 0.3) is 11.4 Å². The van der Waals surface area contributed by atoms with Gasteiger partial charge in [0.15, 0.2) is 0 Å². The van der Waals surface area contributed by atoms with E-state index in [0.29, 0.717) is 12.1 Å². The molecule has 1 heterocycles. The van der Waals surface area contributed by atoms with Crippen LogP contribution in [0.5, 0.6) is 0 Å². The molecule has 0 amide bonds. The fourth-order valence-electron chi connectivity index (χ4n) is 5.52. The second-order valence-corrected chi connectivity index (χ2v) is 9.36. The molecule has 0 N–H and O–H groups in total. The molecule has 3 aromatic rings. The maximum absolute atomic E-state index is 15.5. The van der Waals surface area contributed by atoms with Crippen LogP contribution in [0.25, 0.3) is 52.9 Å². The van der Waals surface area contributed by atoms with Crippen LogP contribution < -0.4 is 0 Å². The van der Waals surface area contributed by atoms with Gasteiger partial charge in [0.1, 0.15) is 23.8 Å². The van der Waals surface area contributed by atoms with Crippen molar-refractivity contribution in [3.8, 4) is 30.3 Å². The fourth-order valence-corrected chi connectivity index (χ4v) is 5.52. The smallest absolute Gasteiger partial charge is 0.237 e. The largest absolute Gasteiger partial charge is 0.270 e. The Labute approximate surface area is 263 Å². The van der Waals surface area contributed by atoms with E-state index in [2.05, 4.69) is 24.4 Å². The number of benzene rings is 2. The lowest BCUT2D eigenvalue weighted by molar-refractivity contribution is 0.583. The Morgan fingerprint density at radius 2 is 1.30 bits per heavy atom. The van der Waals surface area contributed by atoms with Crippen molar-refractivity contribution in [1.82, 2.24) is 4.98 Å². The number of allylic oxidation sites excluding steroid dienone is 7. The predicted molar refractivity (Wildman–Crippen MR) is 157 cm³/mol. The van der Waals surface area contributed by atoms with Crippen molar-refractivity contribution in [1.29, 1.82) is 26.3 Å². The van der Waals surface area contributed by atoms with Gasteiger partial charge in [0, 0.05) is 40.1 Å². The Morgan fingerprint density at radius 1 is 0.660 bits per heavy atom. The summed E-state index contributed by atoms with van der Waals surface area (Å²) in [5.41, 5.74) is -6.70. The molecule has 5 rings (SSSR count). The number of rotatable bonds is 2. The number of hydrogen-bond acceptors (Lipinski definition) is 6. The Kier molecular flexibility index (Phi) is 7.36. The first kappa shape index (κ1) is 30.2. The molecule has 0 radical (unpaired) electrons. The van der Waals surface area contributed by atoms with Gasteiger partial charge in [-0.1, -0.05) is 0 Å². The van der Waals surface area contributed by atoms with Crippen LogP contribution in [0.2, 0.25) is 0 Å². The number of aromatic nitrogens is 1. The van der Waals surface area contributed by atoms with E-state index >= 15 is 4.39 Å². The Morgan fingerprint density at radius 3 is 1.83 bits per heavy atom. The lowest BCUT2D eigenvalue weighted by Gasteiger charge is -2.14. The van der Waals surface area contributed by atoms with Crippen LogP contribution >= 0.6 is 0 Å². The third-order valence-electron chi connectivity index (χ3n) is 7.27. The fraction of sp³-hybridized carbons (Fsp3) is 0. The summed E-state index contributed by atoms with van der Waals surface area (Å²) in [4.78, 5) is 16.2. The van der Waals surface area contributed by atoms with Crippen molar-refractivity contribution in [2.24, 2.45) is 0 Å². The molecule has 0 fully saturated rings. The highest BCUT2D eigenvalue weighted by atomic mass is 19.1. The first-order chi connectivity index (χ1) is 22.7. The van der Waals surface area contributed by atoms with Crippen molar-refractivity contribution < 1.29 is 13.2 Å². The van der Waals surface area contributed by atoms with E-state index in [1.807, 2.05) is 12.1 Å². The monoisotopic (exact) mass is 610 g/mol. The van der Waals surface area contributed by atoms with Crippen LogP contribution in [0.15, 0.2) is 41.9 Å². The molecule has 0 atom stereocenters. The zero-order valence-corrected chi connectivity index (χ0v) is 23.0. The third kappa shape index (κ3) is 4.23. The van der Waals surface area contributed by atoms with Crippen molar-refractivity contribution in [2.75, 3.05) is 0 Å². The van der Waals surface area contributed by atoms with Gasteiger partial charge < -0.3 is 0 Å². The molecule has 0 saturated heterocycles. The van der Waals surface area contributed by atoms with E-state index in [-0.39, 0.29) is 50.1 Å². The van der Waals surface area contributed by atoms with Gasteiger partial charge in [0.2, 0.25) is 17.3 Å². The maximum Gasteiger partial charge on any atom is 0.270 e. The number of pyridine rings is 1. The standard InChI is InChI=1S/C34H5F3N10/c1-43-24-8-22(35)17(6-23(24)36)33-32(26(13-42)45-3)19-5-18-28(21(11-40)30(19)34(33)46-4)20(10-39)29(31(18)25(12-41)44-2)16-7-27(37)47-14-15(16)9-38/h5-8,14H/b31-25+,32-26-. The molecule has 13 heteroatoms. The van der Waals surface area contributed by atoms with Crippen LogP contribution in [0, 0.1) is 101 Å². The maximum atomic E-state index is 15.5. The predicted octanol–water partition coefficient (Wildman–Crippen LogP) is 7.35. The molecular weight excluding hydrogens is 605 g/mol. The third-order valence-corrected chi connectivity index (χ3v) is 7.27. The Balaban J connectivity index is 2.07. The highest BCUT2D eigenvalue weighted by Crippen LogP contribution is 2.57. The molecule has 212 valence electrons. The number of hydrogen-bond donors (Lipinski definition) is 0. The number of nitrogens with zero attached hydrogens (tertiary/aromatic N) is 10. The molecule has 0 unspecified atom stereocenters. The average Bonchev–Trinajstić information content (AvgIpc) is 3.58.